The van der Waals surface area contributed by atoms with Crippen molar-refractivity contribution >= 4 is 5.69 Å². The molecule has 2 aliphatic rings. The summed E-state index contributed by atoms with van der Waals surface area (Å²) in [5.74, 6) is 0.148. The van der Waals surface area contributed by atoms with Gasteiger partial charge in [-0.3, -0.25) is 24.0 Å². The highest BCUT2D eigenvalue weighted by Crippen LogP contribution is 2.46. The molecule has 1 aromatic carbocycles. The average Bonchev–Trinajstić information content (AvgIpc) is 2.62. The zero-order chi connectivity index (χ0) is 17.9. The lowest BCUT2D eigenvalue weighted by Gasteiger charge is -2.37. The Morgan fingerprint density at radius 2 is 1.88 bits per heavy atom. The Morgan fingerprint density at radius 3 is 2.60 bits per heavy atom. The normalized spacial score (nSPS) is 20.6. The third-order valence-electron chi connectivity index (χ3n) is 4.85. The van der Waals surface area contributed by atoms with E-state index in [0.717, 1.165) is 4.57 Å². The van der Waals surface area contributed by atoms with Crippen LogP contribution in [0.4, 0.5) is 5.69 Å². The fourth-order valence-corrected chi connectivity index (χ4v) is 3.58. The molecule has 0 unspecified atom stereocenters. The minimum Gasteiger partial charge on any atom is -0.493 e. The van der Waals surface area contributed by atoms with E-state index < -0.39 is 22.1 Å². The maximum absolute atomic E-state index is 12.8. The van der Waals surface area contributed by atoms with Crippen LogP contribution in [0.2, 0.25) is 0 Å². The van der Waals surface area contributed by atoms with Crippen LogP contribution in [0, 0.1) is 16.0 Å². The van der Waals surface area contributed by atoms with Crippen LogP contribution in [0.25, 0.3) is 0 Å². The van der Waals surface area contributed by atoms with Gasteiger partial charge in [-0.05, 0) is 6.07 Å². The molecule has 0 spiro atoms. The number of nitrogens with zero attached hydrogens (tertiary/aromatic N) is 3. The van der Waals surface area contributed by atoms with E-state index in [0.29, 0.717) is 23.5 Å². The number of rotatable bonds is 1. The third kappa shape index (κ3) is 2.08. The molecule has 0 radical (unpaired) electrons. The topological polar surface area (TPSA) is 106 Å². The zero-order valence-electron chi connectivity index (χ0n) is 13.6. The number of aromatic nitrogens is 2. The van der Waals surface area contributed by atoms with E-state index in [9.17, 15) is 19.7 Å². The molecule has 0 aliphatic carbocycles. The molecule has 4 rings (SSSR count). The van der Waals surface area contributed by atoms with Crippen LogP contribution in [-0.2, 0) is 14.1 Å². The highest BCUT2D eigenvalue weighted by Gasteiger charge is 2.41. The standard InChI is InChI=1S/C16H15N3O6/c1-17-14(20)13-12-8(7-25-15(13)18(2)16(17)21)6-24-11-4-3-9(19(22)23)5-10(11)12/h3-5,8,12H,6-7H2,1-2H3/t8-,12+/m1/s1. The molecule has 1 aromatic heterocycles. The molecule has 0 fully saturated rings. The van der Waals surface area contributed by atoms with Gasteiger partial charge < -0.3 is 9.47 Å². The Bertz CT molecular complexity index is 1020. The molecule has 9 heteroatoms. The number of hydrogen-bond donors (Lipinski definition) is 0. The van der Waals surface area contributed by atoms with E-state index in [1.54, 1.807) is 6.07 Å². The molecule has 2 aromatic rings. The Balaban J connectivity index is 2.02. The molecule has 9 nitrogen and oxygen atoms in total. The monoisotopic (exact) mass is 345 g/mol. The first kappa shape index (κ1) is 15.4. The molecule has 2 atom stereocenters. The molecule has 2 aliphatic heterocycles. The van der Waals surface area contributed by atoms with Gasteiger partial charge in [0.25, 0.3) is 11.2 Å². The first-order valence-corrected chi connectivity index (χ1v) is 7.74. The van der Waals surface area contributed by atoms with Gasteiger partial charge in [-0.1, -0.05) is 0 Å². The van der Waals surface area contributed by atoms with Gasteiger partial charge in [0.05, 0.1) is 23.7 Å². The lowest BCUT2D eigenvalue weighted by atomic mass is 9.78. The largest absolute Gasteiger partial charge is 0.493 e. The number of non-ortho nitro benzene ring substituents is 1. The van der Waals surface area contributed by atoms with E-state index in [2.05, 4.69) is 0 Å². The van der Waals surface area contributed by atoms with E-state index in [1.807, 2.05) is 0 Å². The summed E-state index contributed by atoms with van der Waals surface area (Å²) in [5, 5.41) is 11.1. The van der Waals surface area contributed by atoms with Crippen LogP contribution < -0.4 is 20.7 Å². The molecular formula is C16H15N3O6. The van der Waals surface area contributed by atoms with Crippen molar-refractivity contribution in [3.05, 3.63) is 60.3 Å². The summed E-state index contributed by atoms with van der Waals surface area (Å²) in [4.78, 5) is 35.6. The molecule has 130 valence electrons. The van der Waals surface area contributed by atoms with E-state index in [4.69, 9.17) is 9.47 Å². The summed E-state index contributed by atoms with van der Waals surface area (Å²) in [7, 11) is 2.94. The van der Waals surface area contributed by atoms with E-state index in [-0.39, 0.29) is 24.1 Å². The molecular weight excluding hydrogens is 330 g/mol. The second kappa shape index (κ2) is 5.20. The summed E-state index contributed by atoms with van der Waals surface area (Å²) in [6.07, 6.45) is 0. The summed E-state index contributed by atoms with van der Waals surface area (Å²) >= 11 is 0. The molecule has 0 saturated heterocycles. The smallest absolute Gasteiger partial charge is 0.333 e. The number of benzene rings is 1. The Hall–Kier alpha value is -3.10. The minimum absolute atomic E-state index is 0.0716. The zero-order valence-corrected chi connectivity index (χ0v) is 13.6. The van der Waals surface area contributed by atoms with Gasteiger partial charge in [0.2, 0.25) is 5.88 Å². The van der Waals surface area contributed by atoms with Gasteiger partial charge in [0.1, 0.15) is 5.75 Å². The van der Waals surface area contributed by atoms with Gasteiger partial charge in [0, 0.05) is 43.6 Å². The minimum atomic E-state index is -0.483. The lowest BCUT2D eigenvalue weighted by Crippen LogP contribution is -2.46. The summed E-state index contributed by atoms with van der Waals surface area (Å²) in [5.41, 5.74) is -0.0879. The predicted octanol–water partition coefficient (Wildman–Crippen LogP) is 0.525. The quantitative estimate of drug-likeness (QED) is 0.551. The van der Waals surface area contributed by atoms with Gasteiger partial charge in [0.15, 0.2) is 0 Å². The van der Waals surface area contributed by atoms with Crippen LogP contribution in [0.1, 0.15) is 17.0 Å². The number of fused-ring (bicyclic) bond motifs is 5. The number of nitro benzene ring substituents is 1. The maximum Gasteiger partial charge on any atom is 0.333 e. The summed E-state index contributed by atoms with van der Waals surface area (Å²) < 4.78 is 13.7. The highest BCUT2D eigenvalue weighted by atomic mass is 16.6. The van der Waals surface area contributed by atoms with Gasteiger partial charge in [-0.25, -0.2) is 4.79 Å². The van der Waals surface area contributed by atoms with Crippen molar-refractivity contribution in [3.8, 4) is 11.6 Å². The van der Waals surface area contributed by atoms with Crippen molar-refractivity contribution in [1.29, 1.82) is 0 Å². The van der Waals surface area contributed by atoms with E-state index >= 15 is 0 Å². The predicted molar refractivity (Wildman–Crippen MR) is 86.3 cm³/mol. The molecule has 0 bridgehead atoms. The van der Waals surface area contributed by atoms with Gasteiger partial charge in [-0.15, -0.1) is 0 Å². The summed E-state index contributed by atoms with van der Waals surface area (Å²) in [6.45, 7) is 0.598. The highest BCUT2D eigenvalue weighted by molar-refractivity contribution is 5.52. The van der Waals surface area contributed by atoms with Crippen LogP contribution in [-0.4, -0.2) is 27.3 Å². The fraction of sp³-hybridized carbons (Fsp3) is 0.375. The van der Waals surface area contributed by atoms with Gasteiger partial charge >= 0.3 is 5.69 Å². The third-order valence-corrected chi connectivity index (χ3v) is 4.85. The van der Waals surface area contributed by atoms with Crippen LogP contribution in [0.15, 0.2) is 27.8 Å². The number of nitro groups is 1. The molecule has 0 amide bonds. The molecule has 25 heavy (non-hydrogen) atoms. The molecule has 0 saturated carbocycles. The fourth-order valence-electron chi connectivity index (χ4n) is 3.58. The first-order chi connectivity index (χ1) is 11.9. The first-order valence-electron chi connectivity index (χ1n) is 7.74. The summed E-state index contributed by atoms with van der Waals surface area (Å²) in [6, 6.07) is 4.36. The van der Waals surface area contributed by atoms with Gasteiger partial charge in [-0.2, -0.15) is 0 Å². The Morgan fingerprint density at radius 1 is 1.16 bits per heavy atom. The SMILES string of the molecule is Cn1c2c(c(=O)n(C)c1=O)[C@@H]1c3cc([N+](=O)[O-])ccc3OC[C@@H]1CO2. The number of hydrogen-bond acceptors (Lipinski definition) is 6. The van der Waals surface area contributed by atoms with E-state index in [1.165, 1.54) is 30.8 Å². The lowest BCUT2D eigenvalue weighted by molar-refractivity contribution is -0.385. The van der Waals surface area contributed by atoms with Crippen LogP contribution >= 0.6 is 0 Å². The van der Waals surface area contributed by atoms with Crippen molar-refractivity contribution in [3.63, 3.8) is 0 Å². The molecule has 0 N–H and O–H groups in total. The average molecular weight is 345 g/mol. The van der Waals surface area contributed by atoms with Crippen molar-refractivity contribution in [1.82, 2.24) is 9.13 Å². The second-order valence-corrected chi connectivity index (χ2v) is 6.26. The van der Waals surface area contributed by atoms with Crippen molar-refractivity contribution < 1.29 is 14.4 Å². The Kier molecular flexibility index (Phi) is 3.21. The van der Waals surface area contributed by atoms with Crippen molar-refractivity contribution in [2.45, 2.75) is 5.92 Å². The van der Waals surface area contributed by atoms with Crippen LogP contribution in [0.5, 0.6) is 11.6 Å². The maximum atomic E-state index is 12.8. The Labute approximate surface area is 141 Å². The van der Waals surface area contributed by atoms with Crippen molar-refractivity contribution in [2.75, 3.05) is 13.2 Å². The molecule has 3 heterocycles. The van der Waals surface area contributed by atoms with Crippen molar-refractivity contribution in [2.24, 2.45) is 20.0 Å². The number of ether oxygens (including phenoxy) is 2. The van der Waals surface area contributed by atoms with Crippen LogP contribution in [0.3, 0.4) is 0 Å². The second-order valence-electron chi connectivity index (χ2n) is 6.26.